The Balaban J connectivity index is 0.000000200. The van der Waals surface area contributed by atoms with Gasteiger partial charge in [-0.05, 0) is 34.6 Å². The number of pyridine rings is 2. The van der Waals surface area contributed by atoms with Crippen molar-refractivity contribution in [3.8, 4) is 33.8 Å². The van der Waals surface area contributed by atoms with Crippen LogP contribution in [0.4, 0.5) is 0 Å². The van der Waals surface area contributed by atoms with Gasteiger partial charge in [0.2, 0.25) is 0 Å². The topological polar surface area (TPSA) is 25.8 Å². The van der Waals surface area contributed by atoms with Crippen LogP contribution in [-0.4, -0.2) is 18.0 Å². The van der Waals surface area contributed by atoms with Gasteiger partial charge in [-0.25, -0.2) is 0 Å². The van der Waals surface area contributed by atoms with E-state index >= 15 is 0 Å². The van der Waals surface area contributed by atoms with Gasteiger partial charge in [-0.1, -0.05) is 80.7 Å². The predicted octanol–water partition coefficient (Wildman–Crippen LogP) is 7.87. The van der Waals surface area contributed by atoms with Crippen LogP contribution >= 0.6 is 0 Å². The Morgan fingerprint density at radius 2 is 1.27 bits per heavy atom. The zero-order valence-electron chi connectivity index (χ0n) is 21.8. The zero-order chi connectivity index (χ0) is 25.4. The van der Waals surface area contributed by atoms with Crippen LogP contribution in [0.3, 0.4) is 0 Å². The van der Waals surface area contributed by atoms with E-state index < -0.39 is 8.07 Å². The summed E-state index contributed by atoms with van der Waals surface area (Å²) < 4.78 is 0. The van der Waals surface area contributed by atoms with Gasteiger partial charge in [0.05, 0.1) is 13.8 Å². The molecule has 0 atom stereocenters. The quantitative estimate of drug-likeness (QED) is 0.140. The molecule has 2 heterocycles. The maximum Gasteiger partial charge on any atom is 0.0798 e. The molecule has 0 spiro atoms. The summed E-state index contributed by atoms with van der Waals surface area (Å²) in [6.07, 6.45) is 3.16. The summed E-state index contributed by atoms with van der Waals surface area (Å²) >= 11 is 0. The molecule has 0 aliphatic carbocycles. The Bertz CT molecular complexity index is 1330. The third kappa shape index (κ3) is 7.66. The van der Waals surface area contributed by atoms with Crippen LogP contribution in [0.15, 0.2) is 109 Å². The molecule has 0 bridgehead atoms. The van der Waals surface area contributed by atoms with Gasteiger partial charge in [-0.15, -0.1) is 71.8 Å². The van der Waals surface area contributed by atoms with Crippen molar-refractivity contribution in [3.63, 3.8) is 0 Å². The molecule has 37 heavy (non-hydrogen) atoms. The average molecular weight is 677 g/mol. The summed E-state index contributed by atoms with van der Waals surface area (Å²) in [7, 11) is -1.30. The molecule has 1 radical (unpaired) electrons. The number of nitrogens with zero attached hydrogens (tertiary/aromatic N) is 2. The van der Waals surface area contributed by atoms with Crippen LogP contribution in [0.5, 0.6) is 0 Å². The van der Waals surface area contributed by atoms with Gasteiger partial charge in [0, 0.05) is 26.3 Å². The second kappa shape index (κ2) is 13.4. The fraction of sp³-hybridized carbons (Fsp3) is 0.152. The van der Waals surface area contributed by atoms with Crippen LogP contribution in [0.2, 0.25) is 19.6 Å². The number of benzene rings is 3. The van der Waals surface area contributed by atoms with E-state index in [1.807, 2.05) is 78.9 Å². The van der Waals surface area contributed by atoms with Crippen molar-refractivity contribution in [3.05, 3.63) is 127 Å². The predicted molar refractivity (Wildman–Crippen MR) is 155 cm³/mol. The van der Waals surface area contributed by atoms with Gasteiger partial charge in [0.15, 0.2) is 0 Å². The van der Waals surface area contributed by atoms with Gasteiger partial charge in [-0.2, -0.15) is 0 Å². The molecule has 2 nitrogen and oxygen atoms in total. The third-order valence-electron chi connectivity index (χ3n) is 5.97. The molecule has 4 heteroatoms. The Morgan fingerprint density at radius 3 is 1.84 bits per heavy atom. The number of aryl methyl sites for hydroxylation is 1. The Hall–Kier alpha value is -3.17. The molecule has 3 aromatic carbocycles. The molecular weight excluding hydrogens is 645 g/mol. The second-order valence-corrected chi connectivity index (χ2v) is 14.7. The maximum atomic E-state index is 4.68. The Labute approximate surface area is 236 Å². The molecule has 0 saturated carbocycles. The van der Waals surface area contributed by atoms with Crippen molar-refractivity contribution < 1.29 is 20.1 Å². The summed E-state index contributed by atoms with van der Waals surface area (Å²) in [5.74, 6) is 0. The maximum absolute atomic E-state index is 4.68. The molecule has 0 fully saturated rings. The SMILES string of the molecule is CCc1cc(-c2[c-]cccc2)ncc1[Si](C)(C)C.[Ir].[c-]1ccccc1-c1cccc(-c2ccccc2)n1. The van der Waals surface area contributed by atoms with Crippen LogP contribution < -0.4 is 5.19 Å². The zero-order valence-corrected chi connectivity index (χ0v) is 25.2. The number of rotatable bonds is 5. The number of hydrogen-bond donors (Lipinski definition) is 0. The van der Waals surface area contributed by atoms with E-state index in [-0.39, 0.29) is 20.1 Å². The van der Waals surface area contributed by atoms with Crippen molar-refractivity contribution >= 4 is 13.3 Å². The van der Waals surface area contributed by atoms with Crippen LogP contribution in [0.25, 0.3) is 33.8 Å². The molecule has 2 aromatic heterocycles. The van der Waals surface area contributed by atoms with Gasteiger partial charge in [-0.3, -0.25) is 4.98 Å². The van der Waals surface area contributed by atoms with Gasteiger partial charge in [0.25, 0.3) is 0 Å². The molecule has 5 rings (SSSR count). The Kier molecular flexibility index (Phi) is 10.3. The van der Waals surface area contributed by atoms with Crippen molar-refractivity contribution in [2.24, 2.45) is 0 Å². The van der Waals surface area contributed by atoms with Crippen molar-refractivity contribution in [2.45, 2.75) is 33.0 Å². The summed E-state index contributed by atoms with van der Waals surface area (Å²) in [6.45, 7) is 9.34. The van der Waals surface area contributed by atoms with Crippen molar-refractivity contribution in [2.75, 3.05) is 0 Å². The van der Waals surface area contributed by atoms with Crippen molar-refractivity contribution in [1.29, 1.82) is 0 Å². The molecule has 0 saturated heterocycles. The van der Waals surface area contributed by atoms with E-state index in [0.29, 0.717) is 0 Å². The normalized spacial score (nSPS) is 10.6. The molecular formula is C33H32IrN2Si-2. The van der Waals surface area contributed by atoms with Gasteiger partial charge >= 0.3 is 0 Å². The minimum absolute atomic E-state index is 0. The number of aromatic nitrogens is 2. The first kappa shape index (κ1) is 28.4. The van der Waals surface area contributed by atoms with Crippen LogP contribution in [0, 0.1) is 12.1 Å². The minimum atomic E-state index is -1.30. The van der Waals surface area contributed by atoms with E-state index in [1.54, 1.807) is 0 Å². The molecule has 0 amide bonds. The largest absolute Gasteiger partial charge is 0.305 e. The Morgan fingerprint density at radius 1 is 0.676 bits per heavy atom. The molecule has 189 valence electrons. The smallest absolute Gasteiger partial charge is 0.0798 e. The first-order valence-electron chi connectivity index (χ1n) is 12.4. The summed E-state index contributed by atoms with van der Waals surface area (Å²) in [6, 6.07) is 40.9. The fourth-order valence-corrected chi connectivity index (χ4v) is 5.74. The summed E-state index contributed by atoms with van der Waals surface area (Å²) in [5, 5.41) is 1.48. The van der Waals surface area contributed by atoms with E-state index in [1.165, 1.54) is 10.8 Å². The van der Waals surface area contributed by atoms with E-state index in [4.69, 9.17) is 0 Å². The van der Waals surface area contributed by atoms with Crippen molar-refractivity contribution in [1.82, 2.24) is 9.97 Å². The van der Waals surface area contributed by atoms with E-state index in [9.17, 15) is 0 Å². The van der Waals surface area contributed by atoms with Gasteiger partial charge in [0.1, 0.15) is 0 Å². The summed E-state index contributed by atoms with van der Waals surface area (Å²) in [5.41, 5.74) is 7.66. The molecule has 0 N–H and O–H groups in total. The third-order valence-corrected chi connectivity index (χ3v) is 8.03. The molecule has 0 aliphatic heterocycles. The average Bonchev–Trinajstić information content (AvgIpc) is 2.94. The van der Waals surface area contributed by atoms with E-state index in [2.05, 4.69) is 79.1 Å². The first-order chi connectivity index (χ1) is 17.5. The van der Waals surface area contributed by atoms with Crippen LogP contribution in [0.1, 0.15) is 12.5 Å². The summed E-state index contributed by atoms with van der Waals surface area (Å²) in [4.78, 5) is 9.31. The number of hydrogen-bond acceptors (Lipinski definition) is 2. The first-order valence-corrected chi connectivity index (χ1v) is 15.9. The fourth-order valence-electron chi connectivity index (χ4n) is 4.07. The molecule has 0 aliphatic rings. The van der Waals surface area contributed by atoms with E-state index in [0.717, 1.165) is 40.2 Å². The standard InChI is InChI=1S/C17H12N.C16H20NSi.Ir/c1-3-8-14(9-4-1)16-12-7-13-17(18-16)15-10-5-2-6-11-15;1-5-13-11-15(14-9-7-6-8-10-14)17-12-16(13)18(2,3)4;/h1-10,12-13H;6-9,11-12H,5H2,1-4H3;/q2*-1;. The molecule has 0 unspecified atom stereocenters. The van der Waals surface area contributed by atoms with Crippen LogP contribution in [-0.2, 0) is 26.5 Å². The molecule has 5 aromatic rings. The second-order valence-electron chi connectivity index (χ2n) is 9.66. The minimum Gasteiger partial charge on any atom is -0.305 e. The van der Waals surface area contributed by atoms with Gasteiger partial charge < -0.3 is 4.98 Å². The monoisotopic (exact) mass is 677 g/mol.